The van der Waals surface area contributed by atoms with Gasteiger partial charge in [-0.05, 0) is 67.0 Å². The van der Waals surface area contributed by atoms with E-state index in [0.717, 1.165) is 42.7 Å². The summed E-state index contributed by atoms with van der Waals surface area (Å²) in [7, 11) is -0.456. The zero-order valence-electron chi connectivity index (χ0n) is 26.5. The fourth-order valence-electron chi connectivity index (χ4n) is 7.64. The number of nitrogens with zero attached hydrogens (tertiary/aromatic N) is 2. The summed E-state index contributed by atoms with van der Waals surface area (Å²) in [5.74, 6) is 0.653. The first-order valence-corrected chi connectivity index (χ1v) is 18.9. The number of ether oxygens (including phenoxy) is 3. The molecule has 3 heterocycles. The maximum absolute atomic E-state index is 13.6. The number of anilines is 1. The molecule has 2 aromatic carbocycles. The molecule has 3 fully saturated rings. The maximum atomic E-state index is 13.6. The summed E-state index contributed by atoms with van der Waals surface area (Å²) in [6.07, 6.45) is 3.01. The van der Waals surface area contributed by atoms with E-state index in [1.807, 2.05) is 41.3 Å². The number of hydrogen-bond donors (Lipinski definition) is 1. The van der Waals surface area contributed by atoms with Crippen LogP contribution in [-0.2, 0) is 30.3 Å². The average Bonchev–Trinajstić information content (AvgIpc) is 3.60. The Morgan fingerprint density at radius 2 is 1.86 bits per heavy atom. The third-order valence-corrected chi connectivity index (χ3v) is 14.4. The van der Waals surface area contributed by atoms with Crippen molar-refractivity contribution in [3.8, 4) is 5.75 Å². The summed E-state index contributed by atoms with van der Waals surface area (Å²) in [5, 5.41) is 11.2. The molecule has 5 rings (SSSR count). The van der Waals surface area contributed by atoms with Crippen LogP contribution in [0.1, 0.15) is 51.5 Å². The normalized spacial score (nSPS) is 26.9. The van der Waals surface area contributed by atoms with Gasteiger partial charge in [0, 0.05) is 19.2 Å². The number of aliphatic hydroxyl groups is 1. The van der Waals surface area contributed by atoms with Gasteiger partial charge in [0.05, 0.1) is 52.9 Å². The van der Waals surface area contributed by atoms with Gasteiger partial charge in [-0.15, -0.1) is 0 Å². The van der Waals surface area contributed by atoms with E-state index in [1.165, 1.54) is 17.0 Å². The lowest BCUT2D eigenvalue weighted by Gasteiger charge is -2.39. The number of β-lactam (4-membered cyclic amide) rings is 1. The minimum Gasteiger partial charge on any atom is -0.497 e. The predicted octanol–water partition coefficient (Wildman–Crippen LogP) is 4.02. The van der Waals surface area contributed by atoms with Crippen LogP contribution in [0.4, 0.5) is 5.69 Å². The van der Waals surface area contributed by atoms with Crippen molar-refractivity contribution in [3.05, 3.63) is 54.1 Å². The van der Waals surface area contributed by atoms with Gasteiger partial charge < -0.3 is 24.2 Å². The number of hydrogen-bond acceptors (Lipinski definition) is 7. The number of aryl methyl sites for hydroxylation is 1. The quantitative estimate of drug-likeness (QED) is 0.229. The lowest BCUT2D eigenvalue weighted by atomic mass is 9.94. The number of likely N-dealkylation sites (tertiary alicyclic amines) is 1. The van der Waals surface area contributed by atoms with Crippen LogP contribution in [0.25, 0.3) is 0 Å². The van der Waals surface area contributed by atoms with E-state index in [0.29, 0.717) is 13.0 Å². The first-order chi connectivity index (χ1) is 21.0. The lowest BCUT2D eigenvalue weighted by Crippen LogP contribution is -2.54. The molecule has 1 N–H and O–H groups in total. The summed E-state index contributed by atoms with van der Waals surface area (Å²) < 4.78 is 17.5. The Bertz CT molecular complexity index is 1350. The Balaban J connectivity index is 1.34. The van der Waals surface area contributed by atoms with Gasteiger partial charge in [0.2, 0.25) is 11.8 Å². The SMILES string of the molecule is COc1ccc([Si](C)(C)[C@H]2[C@H](C)[C@H](CCc3cccc(N4C(=O)CC4OC(C)=O)c3)O[C@@H]2CC(=O)N2CCC[C@H]2CO)cc1. The molecule has 0 radical (unpaired) electrons. The highest BCUT2D eigenvalue weighted by Crippen LogP contribution is 2.47. The third kappa shape index (κ3) is 6.57. The number of carbonyl (C=O) groups is 3. The van der Waals surface area contributed by atoms with Crippen molar-refractivity contribution in [1.29, 1.82) is 0 Å². The topological polar surface area (TPSA) is 106 Å². The summed E-state index contributed by atoms with van der Waals surface area (Å²) >= 11 is 0. The van der Waals surface area contributed by atoms with Crippen LogP contribution in [0.2, 0.25) is 18.6 Å². The number of carbonyl (C=O) groups excluding carboxylic acids is 3. The number of benzene rings is 2. The predicted molar refractivity (Wildman–Crippen MR) is 171 cm³/mol. The molecule has 238 valence electrons. The van der Waals surface area contributed by atoms with Crippen LogP contribution in [0.15, 0.2) is 48.5 Å². The van der Waals surface area contributed by atoms with Crippen molar-refractivity contribution in [2.75, 3.05) is 25.2 Å². The van der Waals surface area contributed by atoms with Gasteiger partial charge in [0.15, 0.2) is 6.23 Å². The molecule has 6 atom stereocenters. The van der Waals surface area contributed by atoms with E-state index in [2.05, 4.69) is 32.2 Å². The molecule has 3 aliphatic heterocycles. The Morgan fingerprint density at radius 1 is 1.11 bits per heavy atom. The van der Waals surface area contributed by atoms with E-state index in [-0.39, 0.29) is 54.6 Å². The Labute approximate surface area is 261 Å². The molecule has 3 saturated heterocycles. The Hall–Kier alpha value is -3.21. The van der Waals surface area contributed by atoms with Gasteiger partial charge in [-0.2, -0.15) is 0 Å². The van der Waals surface area contributed by atoms with E-state index in [1.54, 1.807) is 7.11 Å². The number of methoxy groups -OCH3 is 1. The monoisotopic (exact) mass is 622 g/mol. The zero-order valence-corrected chi connectivity index (χ0v) is 27.5. The minimum absolute atomic E-state index is 0.00444. The Morgan fingerprint density at radius 3 is 2.52 bits per heavy atom. The smallest absolute Gasteiger partial charge is 0.304 e. The van der Waals surface area contributed by atoms with Gasteiger partial charge in [-0.3, -0.25) is 19.3 Å². The highest BCUT2D eigenvalue weighted by atomic mass is 28.3. The number of rotatable bonds is 11. The summed E-state index contributed by atoms with van der Waals surface area (Å²) in [4.78, 5) is 40.8. The first-order valence-electron chi connectivity index (χ1n) is 15.8. The highest BCUT2D eigenvalue weighted by Gasteiger charge is 2.51. The molecular formula is C34H46N2O7Si. The summed E-state index contributed by atoms with van der Waals surface area (Å²) in [5.41, 5.74) is 2.02. The second-order valence-electron chi connectivity index (χ2n) is 13.1. The molecule has 10 heteroatoms. The third-order valence-electron chi connectivity index (χ3n) is 9.97. The molecule has 44 heavy (non-hydrogen) atoms. The van der Waals surface area contributed by atoms with Crippen molar-refractivity contribution < 1.29 is 33.7 Å². The Kier molecular flexibility index (Phi) is 9.82. The van der Waals surface area contributed by atoms with E-state index < -0.39 is 20.3 Å². The molecular weight excluding hydrogens is 576 g/mol. The maximum Gasteiger partial charge on any atom is 0.304 e. The number of esters is 1. The van der Waals surface area contributed by atoms with Crippen LogP contribution < -0.4 is 14.8 Å². The first kappa shape index (κ1) is 32.2. The lowest BCUT2D eigenvalue weighted by molar-refractivity contribution is -0.154. The molecule has 9 nitrogen and oxygen atoms in total. The molecule has 0 bridgehead atoms. The molecule has 3 aliphatic rings. The standard InChI is InChI=1S/C34H46N2O7Si/c1-22-29(16-11-24-8-6-9-25(18-24)36-32(40)20-33(36)42-23(2)38)43-30(19-31(39)35-17-7-10-26(35)21-37)34(22)44(4,5)28-14-12-27(41-3)13-15-28/h6,8-9,12-15,18,22,26,29-30,33-34,37H,7,10-11,16-17,19-21H2,1-5H3/t22-,26+,29+,30-,33?,34+/m1/s1. The highest BCUT2D eigenvalue weighted by molar-refractivity contribution is 6.91. The number of amides is 2. The molecule has 1 unspecified atom stereocenters. The van der Waals surface area contributed by atoms with Gasteiger partial charge in [0.25, 0.3) is 0 Å². The molecule has 2 amide bonds. The van der Waals surface area contributed by atoms with Gasteiger partial charge in [-0.1, -0.05) is 49.5 Å². The van der Waals surface area contributed by atoms with E-state index in [4.69, 9.17) is 14.2 Å². The van der Waals surface area contributed by atoms with E-state index >= 15 is 0 Å². The fourth-order valence-corrected chi connectivity index (χ4v) is 11.7. The number of aliphatic hydroxyl groups excluding tert-OH is 1. The molecule has 0 spiro atoms. The largest absolute Gasteiger partial charge is 0.497 e. The van der Waals surface area contributed by atoms with Crippen molar-refractivity contribution >= 4 is 36.7 Å². The molecule has 2 aromatic rings. The van der Waals surface area contributed by atoms with Gasteiger partial charge in [-0.25, -0.2) is 0 Å². The van der Waals surface area contributed by atoms with Gasteiger partial charge in [0.1, 0.15) is 5.75 Å². The molecule has 0 aliphatic carbocycles. The van der Waals surface area contributed by atoms with Crippen LogP contribution in [0.3, 0.4) is 0 Å². The fraction of sp³-hybridized carbons (Fsp3) is 0.559. The van der Waals surface area contributed by atoms with Crippen molar-refractivity contribution in [2.45, 2.75) is 95.5 Å². The van der Waals surface area contributed by atoms with Crippen molar-refractivity contribution in [2.24, 2.45) is 5.92 Å². The summed E-state index contributed by atoms with van der Waals surface area (Å²) in [6.45, 7) is 9.05. The zero-order chi connectivity index (χ0) is 31.6. The van der Waals surface area contributed by atoms with Crippen molar-refractivity contribution in [1.82, 2.24) is 4.90 Å². The van der Waals surface area contributed by atoms with Crippen LogP contribution in [0, 0.1) is 5.92 Å². The molecule has 0 aromatic heterocycles. The summed E-state index contributed by atoms with van der Waals surface area (Å²) in [6, 6.07) is 16.1. The van der Waals surface area contributed by atoms with Crippen LogP contribution >= 0.6 is 0 Å². The molecule has 0 saturated carbocycles. The van der Waals surface area contributed by atoms with E-state index in [9.17, 15) is 19.5 Å². The second-order valence-corrected chi connectivity index (χ2v) is 17.7. The second kappa shape index (κ2) is 13.4. The average molecular weight is 623 g/mol. The van der Waals surface area contributed by atoms with Crippen molar-refractivity contribution in [3.63, 3.8) is 0 Å². The van der Waals surface area contributed by atoms with Gasteiger partial charge >= 0.3 is 5.97 Å². The van der Waals surface area contributed by atoms with Crippen LogP contribution in [0.5, 0.6) is 5.75 Å². The minimum atomic E-state index is -2.13. The van der Waals surface area contributed by atoms with Crippen LogP contribution in [-0.4, -0.2) is 80.6 Å².